The summed E-state index contributed by atoms with van der Waals surface area (Å²) in [5, 5.41) is 4.24. The lowest BCUT2D eigenvalue weighted by Gasteiger charge is -2.11. The van der Waals surface area contributed by atoms with Crippen LogP contribution >= 0.6 is 23.4 Å². The van der Waals surface area contributed by atoms with Crippen LogP contribution in [0.15, 0.2) is 52.0 Å². The van der Waals surface area contributed by atoms with E-state index in [1.165, 1.54) is 0 Å². The van der Waals surface area contributed by atoms with Crippen LogP contribution in [0.25, 0.3) is 0 Å². The van der Waals surface area contributed by atoms with Crippen molar-refractivity contribution in [1.82, 2.24) is 5.32 Å². The molecule has 2 rings (SSSR count). The molecule has 1 unspecified atom stereocenters. The van der Waals surface area contributed by atoms with Gasteiger partial charge in [0.2, 0.25) is 0 Å². The van der Waals surface area contributed by atoms with Crippen molar-refractivity contribution < 1.29 is 4.42 Å². The molecule has 0 fully saturated rings. The average molecular weight is 282 g/mol. The van der Waals surface area contributed by atoms with E-state index in [2.05, 4.69) is 12.2 Å². The number of thioether (sulfide) groups is 1. The molecule has 1 heterocycles. The van der Waals surface area contributed by atoms with Gasteiger partial charge in [0.05, 0.1) is 17.3 Å². The van der Waals surface area contributed by atoms with Gasteiger partial charge in [-0.3, -0.25) is 0 Å². The highest BCUT2D eigenvalue weighted by Crippen LogP contribution is 2.26. The first-order valence-electron chi connectivity index (χ1n) is 5.91. The standard InChI is InChI=1S/C14H16ClNOS/c1-11(13-6-4-9-17-13)16-8-10-18-14-7-3-2-5-12(14)15/h2-7,9,11,16H,8,10H2,1H3. The molecule has 1 aromatic carbocycles. The summed E-state index contributed by atoms with van der Waals surface area (Å²) in [4.78, 5) is 1.13. The first-order valence-corrected chi connectivity index (χ1v) is 7.28. The summed E-state index contributed by atoms with van der Waals surface area (Å²) in [7, 11) is 0. The largest absolute Gasteiger partial charge is 0.468 e. The van der Waals surface area contributed by atoms with Gasteiger partial charge in [-0.15, -0.1) is 11.8 Å². The van der Waals surface area contributed by atoms with Crippen LogP contribution in [0.2, 0.25) is 5.02 Å². The fourth-order valence-corrected chi connectivity index (χ4v) is 2.76. The van der Waals surface area contributed by atoms with Crippen molar-refractivity contribution in [2.45, 2.75) is 17.9 Å². The van der Waals surface area contributed by atoms with E-state index in [1.807, 2.05) is 36.4 Å². The highest BCUT2D eigenvalue weighted by molar-refractivity contribution is 7.99. The number of nitrogens with one attached hydrogen (secondary N) is 1. The van der Waals surface area contributed by atoms with Gasteiger partial charge in [-0.25, -0.2) is 0 Å². The van der Waals surface area contributed by atoms with Crippen LogP contribution in [0.3, 0.4) is 0 Å². The van der Waals surface area contributed by atoms with Crippen molar-refractivity contribution in [3.8, 4) is 0 Å². The smallest absolute Gasteiger partial charge is 0.120 e. The van der Waals surface area contributed by atoms with Crippen LogP contribution in [0.4, 0.5) is 0 Å². The molecule has 18 heavy (non-hydrogen) atoms. The van der Waals surface area contributed by atoms with Gasteiger partial charge in [-0.2, -0.15) is 0 Å². The van der Waals surface area contributed by atoms with Gasteiger partial charge in [-0.05, 0) is 31.2 Å². The SMILES string of the molecule is CC(NCCSc1ccccc1Cl)c1ccco1. The number of rotatable bonds is 6. The number of furan rings is 1. The van der Waals surface area contributed by atoms with Crippen molar-refractivity contribution in [2.75, 3.05) is 12.3 Å². The summed E-state index contributed by atoms with van der Waals surface area (Å²) in [6.45, 7) is 3.01. The molecule has 4 heteroatoms. The van der Waals surface area contributed by atoms with Gasteiger partial charge >= 0.3 is 0 Å². The fraction of sp³-hybridized carbons (Fsp3) is 0.286. The van der Waals surface area contributed by atoms with Crippen molar-refractivity contribution in [2.24, 2.45) is 0 Å². The molecule has 0 bridgehead atoms. The molecule has 0 saturated carbocycles. The van der Waals surface area contributed by atoms with Gasteiger partial charge < -0.3 is 9.73 Å². The average Bonchev–Trinajstić information content (AvgIpc) is 2.90. The van der Waals surface area contributed by atoms with Crippen molar-refractivity contribution in [1.29, 1.82) is 0 Å². The quantitative estimate of drug-likeness (QED) is 0.628. The van der Waals surface area contributed by atoms with Gasteiger partial charge in [0.25, 0.3) is 0 Å². The molecule has 0 spiro atoms. The van der Waals surface area contributed by atoms with Crippen LogP contribution in [0.5, 0.6) is 0 Å². The molecule has 1 aromatic heterocycles. The van der Waals surface area contributed by atoms with E-state index in [9.17, 15) is 0 Å². The van der Waals surface area contributed by atoms with E-state index in [-0.39, 0.29) is 6.04 Å². The van der Waals surface area contributed by atoms with Crippen molar-refractivity contribution >= 4 is 23.4 Å². The minimum Gasteiger partial charge on any atom is -0.468 e. The first-order chi connectivity index (χ1) is 8.77. The summed E-state index contributed by atoms with van der Waals surface area (Å²) in [5.74, 6) is 1.95. The lowest BCUT2D eigenvalue weighted by Crippen LogP contribution is -2.20. The summed E-state index contributed by atoms with van der Waals surface area (Å²) >= 11 is 7.85. The zero-order valence-electron chi connectivity index (χ0n) is 10.2. The van der Waals surface area contributed by atoms with Gasteiger partial charge in [0.1, 0.15) is 5.76 Å². The Morgan fingerprint density at radius 3 is 2.83 bits per heavy atom. The Kier molecular flexibility index (Phi) is 5.17. The van der Waals surface area contributed by atoms with Gasteiger partial charge in [0, 0.05) is 17.2 Å². The van der Waals surface area contributed by atoms with Crippen LogP contribution in [0, 0.1) is 0 Å². The number of hydrogen-bond acceptors (Lipinski definition) is 3. The maximum atomic E-state index is 6.09. The van der Waals surface area contributed by atoms with Gasteiger partial charge in [-0.1, -0.05) is 23.7 Å². The van der Waals surface area contributed by atoms with E-state index in [0.717, 1.165) is 28.0 Å². The molecule has 0 amide bonds. The second-order valence-corrected chi connectivity index (χ2v) is 5.51. The molecule has 1 atom stereocenters. The number of halogens is 1. The predicted molar refractivity (Wildman–Crippen MR) is 77.3 cm³/mol. The van der Waals surface area contributed by atoms with E-state index in [1.54, 1.807) is 18.0 Å². The molecular weight excluding hydrogens is 266 g/mol. The van der Waals surface area contributed by atoms with E-state index in [0.29, 0.717) is 0 Å². The predicted octanol–water partition coefficient (Wildman–Crippen LogP) is 4.38. The van der Waals surface area contributed by atoms with E-state index < -0.39 is 0 Å². The maximum absolute atomic E-state index is 6.09. The topological polar surface area (TPSA) is 25.2 Å². The molecule has 2 nitrogen and oxygen atoms in total. The third kappa shape index (κ3) is 3.80. The Morgan fingerprint density at radius 1 is 1.28 bits per heavy atom. The van der Waals surface area contributed by atoms with Crippen LogP contribution < -0.4 is 5.32 Å². The summed E-state index contributed by atoms with van der Waals surface area (Å²) < 4.78 is 5.34. The molecule has 0 aliphatic heterocycles. The molecule has 1 N–H and O–H groups in total. The summed E-state index contributed by atoms with van der Waals surface area (Å²) in [5.41, 5.74) is 0. The Morgan fingerprint density at radius 2 is 2.11 bits per heavy atom. The Hall–Kier alpha value is -0.900. The fourth-order valence-electron chi connectivity index (χ4n) is 1.64. The molecule has 0 saturated heterocycles. The summed E-state index contributed by atoms with van der Waals surface area (Å²) in [6, 6.07) is 12.1. The van der Waals surface area contributed by atoms with Crippen LogP contribution in [0.1, 0.15) is 18.7 Å². The number of benzene rings is 1. The van der Waals surface area contributed by atoms with Crippen molar-refractivity contribution in [3.63, 3.8) is 0 Å². The van der Waals surface area contributed by atoms with E-state index >= 15 is 0 Å². The highest BCUT2D eigenvalue weighted by atomic mass is 35.5. The minimum atomic E-state index is 0.242. The maximum Gasteiger partial charge on any atom is 0.120 e. The lowest BCUT2D eigenvalue weighted by molar-refractivity contribution is 0.438. The second kappa shape index (κ2) is 6.88. The third-order valence-electron chi connectivity index (χ3n) is 2.62. The van der Waals surface area contributed by atoms with E-state index in [4.69, 9.17) is 16.0 Å². The number of hydrogen-bond donors (Lipinski definition) is 1. The van der Waals surface area contributed by atoms with Crippen molar-refractivity contribution in [3.05, 3.63) is 53.4 Å². The Bertz CT molecular complexity index is 472. The molecule has 96 valence electrons. The summed E-state index contributed by atoms with van der Waals surface area (Å²) in [6.07, 6.45) is 1.70. The Balaban J connectivity index is 1.72. The highest BCUT2D eigenvalue weighted by Gasteiger charge is 2.06. The zero-order valence-corrected chi connectivity index (χ0v) is 11.8. The molecule has 0 aliphatic carbocycles. The first kappa shape index (κ1) is 13.5. The molecule has 2 aromatic rings. The monoisotopic (exact) mass is 281 g/mol. The second-order valence-electron chi connectivity index (χ2n) is 3.97. The molecular formula is C14H16ClNOS. The van der Waals surface area contributed by atoms with Crippen LogP contribution in [-0.2, 0) is 0 Å². The zero-order chi connectivity index (χ0) is 12.8. The minimum absolute atomic E-state index is 0.242. The normalized spacial score (nSPS) is 12.6. The molecule has 0 aliphatic rings. The van der Waals surface area contributed by atoms with Crippen LogP contribution in [-0.4, -0.2) is 12.3 Å². The Labute approximate surface area is 117 Å². The lowest BCUT2D eigenvalue weighted by atomic mass is 10.2. The van der Waals surface area contributed by atoms with Gasteiger partial charge in [0.15, 0.2) is 0 Å². The molecule has 0 radical (unpaired) electrons. The third-order valence-corrected chi connectivity index (χ3v) is 4.13.